The van der Waals surface area contributed by atoms with Gasteiger partial charge < -0.3 is 15.5 Å². The molecule has 0 radical (unpaired) electrons. The lowest BCUT2D eigenvalue weighted by atomic mass is 10.1. The van der Waals surface area contributed by atoms with Crippen LogP contribution in [0.25, 0.3) is 5.69 Å². The number of anilines is 1. The molecular formula is C16H21N7O2. The number of hydrogen-bond donors (Lipinski definition) is 2. The van der Waals surface area contributed by atoms with Crippen molar-refractivity contribution in [2.75, 3.05) is 11.9 Å². The summed E-state index contributed by atoms with van der Waals surface area (Å²) >= 11 is 0. The largest absolute Gasteiger partial charge is 0.390 e. The van der Waals surface area contributed by atoms with Gasteiger partial charge in [-0.25, -0.2) is 9.48 Å². The highest BCUT2D eigenvalue weighted by Crippen LogP contribution is 2.23. The molecule has 132 valence electrons. The molecule has 0 aliphatic carbocycles. The van der Waals surface area contributed by atoms with Crippen LogP contribution in [0.5, 0.6) is 0 Å². The average molecular weight is 343 g/mol. The minimum atomic E-state index is -0.287. The smallest absolute Gasteiger partial charge is 0.319 e. The van der Waals surface area contributed by atoms with E-state index in [9.17, 15) is 4.79 Å². The van der Waals surface area contributed by atoms with Crippen LogP contribution in [0.3, 0.4) is 0 Å². The molecule has 3 rings (SSSR count). The Hall–Kier alpha value is -2.97. The number of carbonyl (C=O) groups excluding carboxylic acids is 1. The number of carbonyl (C=O) groups is 1. The molecule has 2 heterocycles. The summed E-state index contributed by atoms with van der Waals surface area (Å²) in [7, 11) is 0. The van der Waals surface area contributed by atoms with Crippen molar-refractivity contribution in [1.29, 1.82) is 0 Å². The Balaban J connectivity index is 1.63. The molecule has 0 bridgehead atoms. The molecule has 25 heavy (non-hydrogen) atoms. The summed E-state index contributed by atoms with van der Waals surface area (Å²) in [6.07, 6.45) is 3.03. The number of amides is 2. The average Bonchev–Trinajstić information content (AvgIpc) is 3.28. The molecule has 0 spiro atoms. The SMILES string of the molecule is CCC1=NO[C@H](CNC(=O)Nc2cc(-n3cnnn3)cc(C)c2C)C1. The molecule has 0 saturated carbocycles. The van der Waals surface area contributed by atoms with Crippen LogP contribution in [-0.4, -0.2) is 44.6 Å². The van der Waals surface area contributed by atoms with Crippen molar-refractivity contribution in [3.8, 4) is 5.69 Å². The van der Waals surface area contributed by atoms with Crippen LogP contribution in [0.15, 0.2) is 23.6 Å². The van der Waals surface area contributed by atoms with Gasteiger partial charge in [0.1, 0.15) is 12.4 Å². The quantitative estimate of drug-likeness (QED) is 0.863. The van der Waals surface area contributed by atoms with Crippen LogP contribution in [0.1, 0.15) is 30.9 Å². The molecule has 2 N–H and O–H groups in total. The van der Waals surface area contributed by atoms with E-state index in [1.54, 1.807) is 4.68 Å². The Labute approximate surface area is 145 Å². The molecule has 1 aromatic carbocycles. The molecule has 1 atom stereocenters. The van der Waals surface area contributed by atoms with Gasteiger partial charge in [0.05, 0.1) is 17.9 Å². The van der Waals surface area contributed by atoms with Crippen LogP contribution in [0.4, 0.5) is 10.5 Å². The lowest BCUT2D eigenvalue weighted by Gasteiger charge is -2.15. The van der Waals surface area contributed by atoms with Crippen molar-refractivity contribution in [3.63, 3.8) is 0 Å². The first-order valence-electron chi connectivity index (χ1n) is 8.17. The lowest BCUT2D eigenvalue weighted by molar-refractivity contribution is 0.0870. The van der Waals surface area contributed by atoms with Gasteiger partial charge in [0, 0.05) is 12.1 Å². The van der Waals surface area contributed by atoms with Crippen molar-refractivity contribution in [1.82, 2.24) is 25.5 Å². The van der Waals surface area contributed by atoms with E-state index in [4.69, 9.17) is 4.84 Å². The van der Waals surface area contributed by atoms with Crippen LogP contribution in [-0.2, 0) is 4.84 Å². The standard InChI is InChI=1S/C16H21N7O2/c1-4-12-6-14(25-20-12)8-17-16(24)19-15-7-13(5-10(2)11(15)3)23-9-18-21-22-23/h5,7,9,14H,4,6,8H2,1-3H3,(H2,17,19,24)/t14-/m0/s1. The monoisotopic (exact) mass is 343 g/mol. The normalized spacial score (nSPS) is 16.3. The lowest BCUT2D eigenvalue weighted by Crippen LogP contribution is -2.35. The molecular weight excluding hydrogens is 322 g/mol. The van der Waals surface area contributed by atoms with E-state index in [1.165, 1.54) is 6.33 Å². The summed E-state index contributed by atoms with van der Waals surface area (Å²) in [6.45, 7) is 6.37. The summed E-state index contributed by atoms with van der Waals surface area (Å²) in [6, 6.07) is 3.51. The first-order chi connectivity index (χ1) is 12.1. The second-order valence-electron chi connectivity index (χ2n) is 5.97. The van der Waals surface area contributed by atoms with Gasteiger partial charge in [-0.15, -0.1) is 5.10 Å². The molecule has 9 heteroatoms. The number of nitrogens with one attached hydrogen (secondary N) is 2. The van der Waals surface area contributed by atoms with Gasteiger partial charge in [0.2, 0.25) is 0 Å². The Morgan fingerprint density at radius 2 is 2.24 bits per heavy atom. The minimum absolute atomic E-state index is 0.101. The topological polar surface area (TPSA) is 106 Å². The fourth-order valence-electron chi connectivity index (χ4n) is 2.56. The fourth-order valence-corrected chi connectivity index (χ4v) is 2.56. The molecule has 2 amide bonds. The summed E-state index contributed by atoms with van der Waals surface area (Å²) in [4.78, 5) is 17.5. The number of aryl methyl sites for hydroxylation is 1. The van der Waals surface area contributed by atoms with Gasteiger partial charge in [-0.2, -0.15) is 0 Å². The van der Waals surface area contributed by atoms with Crippen LogP contribution in [0, 0.1) is 13.8 Å². The van der Waals surface area contributed by atoms with Crippen molar-refractivity contribution >= 4 is 17.4 Å². The zero-order chi connectivity index (χ0) is 17.8. The van der Waals surface area contributed by atoms with E-state index in [2.05, 4.69) is 31.3 Å². The van der Waals surface area contributed by atoms with Gasteiger partial charge in [-0.1, -0.05) is 12.1 Å². The highest BCUT2D eigenvalue weighted by Gasteiger charge is 2.20. The third-order valence-corrected chi connectivity index (χ3v) is 4.21. The van der Waals surface area contributed by atoms with E-state index in [0.717, 1.165) is 35.4 Å². The molecule has 0 saturated heterocycles. The summed E-state index contributed by atoms with van der Waals surface area (Å²) in [5.41, 5.74) is 4.53. The van der Waals surface area contributed by atoms with Gasteiger partial charge >= 0.3 is 6.03 Å². The summed E-state index contributed by atoms with van der Waals surface area (Å²) in [5.74, 6) is 0. The number of nitrogens with zero attached hydrogens (tertiary/aromatic N) is 5. The van der Waals surface area contributed by atoms with Crippen LogP contribution in [0.2, 0.25) is 0 Å². The third kappa shape index (κ3) is 3.93. The molecule has 9 nitrogen and oxygen atoms in total. The highest BCUT2D eigenvalue weighted by atomic mass is 16.6. The van der Waals surface area contributed by atoms with Gasteiger partial charge in [0.25, 0.3) is 0 Å². The van der Waals surface area contributed by atoms with Crippen LogP contribution >= 0.6 is 0 Å². The van der Waals surface area contributed by atoms with E-state index in [1.807, 2.05) is 32.9 Å². The third-order valence-electron chi connectivity index (χ3n) is 4.21. The number of aromatic nitrogens is 4. The fraction of sp³-hybridized carbons (Fsp3) is 0.438. The number of tetrazole rings is 1. The Morgan fingerprint density at radius 1 is 1.40 bits per heavy atom. The van der Waals surface area contributed by atoms with Gasteiger partial charge in [-0.05, 0) is 54.0 Å². The molecule has 1 aliphatic rings. The molecule has 2 aromatic rings. The van der Waals surface area contributed by atoms with Crippen molar-refractivity contribution < 1.29 is 9.63 Å². The zero-order valence-corrected chi connectivity index (χ0v) is 14.5. The van der Waals surface area contributed by atoms with E-state index >= 15 is 0 Å². The van der Waals surface area contributed by atoms with E-state index in [0.29, 0.717) is 12.2 Å². The van der Waals surface area contributed by atoms with E-state index < -0.39 is 0 Å². The van der Waals surface area contributed by atoms with Crippen molar-refractivity contribution in [2.45, 2.75) is 39.7 Å². The van der Waals surface area contributed by atoms with Gasteiger partial charge in [-0.3, -0.25) is 0 Å². The Morgan fingerprint density at radius 3 is 2.92 bits per heavy atom. The van der Waals surface area contributed by atoms with Crippen LogP contribution < -0.4 is 10.6 Å². The van der Waals surface area contributed by atoms with Gasteiger partial charge in [0.15, 0.2) is 0 Å². The Bertz CT molecular complexity index is 786. The van der Waals surface area contributed by atoms with Crippen molar-refractivity contribution in [3.05, 3.63) is 29.6 Å². The summed E-state index contributed by atoms with van der Waals surface area (Å²) in [5, 5.41) is 20.8. The number of rotatable bonds is 5. The van der Waals surface area contributed by atoms with E-state index in [-0.39, 0.29) is 12.1 Å². The first-order valence-corrected chi connectivity index (χ1v) is 8.17. The number of benzene rings is 1. The predicted octanol–water partition coefficient (Wildman–Crippen LogP) is 1.96. The summed E-state index contributed by atoms with van der Waals surface area (Å²) < 4.78 is 1.55. The molecule has 1 aliphatic heterocycles. The molecule has 1 aromatic heterocycles. The number of oxime groups is 1. The second kappa shape index (κ2) is 7.29. The maximum absolute atomic E-state index is 12.2. The maximum atomic E-state index is 12.2. The predicted molar refractivity (Wildman–Crippen MR) is 92.9 cm³/mol. The highest BCUT2D eigenvalue weighted by molar-refractivity contribution is 5.91. The maximum Gasteiger partial charge on any atom is 0.319 e. The molecule has 0 unspecified atom stereocenters. The first kappa shape index (κ1) is 16.9. The number of hydrogen-bond acceptors (Lipinski definition) is 6. The zero-order valence-electron chi connectivity index (χ0n) is 14.5. The second-order valence-corrected chi connectivity index (χ2v) is 5.97. The number of urea groups is 1. The Kier molecular flexibility index (Phi) is 4.92. The van der Waals surface area contributed by atoms with Crippen molar-refractivity contribution in [2.24, 2.45) is 5.16 Å². The minimum Gasteiger partial charge on any atom is -0.390 e. The molecule has 0 fully saturated rings.